The number of carboxylic acids is 2. The van der Waals surface area contributed by atoms with E-state index in [-0.39, 0.29) is 10.6 Å². The van der Waals surface area contributed by atoms with Crippen molar-refractivity contribution in [1.82, 2.24) is 4.90 Å². The van der Waals surface area contributed by atoms with Gasteiger partial charge in [-0.1, -0.05) is 17.7 Å². The fraction of sp³-hybridized carbons (Fsp3) is 0.154. The lowest BCUT2D eigenvalue weighted by molar-refractivity contribution is -0.147. The second kappa shape index (κ2) is 7.39. The predicted octanol–water partition coefficient (Wildman–Crippen LogP) is 1.49. The van der Waals surface area contributed by atoms with Gasteiger partial charge in [-0.2, -0.15) is 0 Å². The quantitative estimate of drug-likeness (QED) is 0.776. The van der Waals surface area contributed by atoms with Gasteiger partial charge in [0.25, 0.3) is 0 Å². The van der Waals surface area contributed by atoms with Crippen LogP contribution >= 0.6 is 11.6 Å². The highest BCUT2D eigenvalue weighted by Gasteiger charge is 2.17. The molecule has 0 aliphatic carbocycles. The van der Waals surface area contributed by atoms with E-state index in [1.165, 1.54) is 12.1 Å². The lowest BCUT2D eigenvalue weighted by atomic mass is 10.2. The number of amides is 1. The second-order valence-electron chi connectivity index (χ2n) is 3.95. The van der Waals surface area contributed by atoms with Crippen LogP contribution in [0.1, 0.15) is 5.56 Å². The van der Waals surface area contributed by atoms with Crippen LogP contribution in [-0.4, -0.2) is 46.0 Å². The maximum Gasteiger partial charge on any atom is 0.323 e. The SMILES string of the molecule is O=C(O)CN(CC(=O)O)C(=O)C=Cc1c(F)cccc1Cl. The van der Waals surface area contributed by atoms with Crippen molar-refractivity contribution in [2.24, 2.45) is 0 Å². The van der Waals surface area contributed by atoms with Crippen LogP contribution in [0.25, 0.3) is 6.08 Å². The minimum absolute atomic E-state index is 0.0434. The topological polar surface area (TPSA) is 94.9 Å². The van der Waals surface area contributed by atoms with Gasteiger partial charge in [-0.05, 0) is 18.2 Å². The van der Waals surface area contributed by atoms with Crippen molar-refractivity contribution in [3.63, 3.8) is 0 Å². The van der Waals surface area contributed by atoms with Crippen molar-refractivity contribution >= 4 is 35.5 Å². The first kappa shape index (κ1) is 16.6. The number of carbonyl (C=O) groups is 3. The molecule has 0 fully saturated rings. The van der Waals surface area contributed by atoms with Gasteiger partial charge >= 0.3 is 11.9 Å². The molecule has 1 amide bonds. The number of carbonyl (C=O) groups excluding carboxylic acids is 1. The van der Waals surface area contributed by atoms with Crippen LogP contribution in [0, 0.1) is 5.82 Å². The molecule has 0 aromatic heterocycles. The highest BCUT2D eigenvalue weighted by atomic mass is 35.5. The first-order valence-electron chi connectivity index (χ1n) is 5.66. The molecular formula is C13H11ClFNO5. The number of nitrogens with zero attached hydrogens (tertiary/aromatic N) is 1. The third kappa shape index (κ3) is 5.23. The Labute approximate surface area is 124 Å². The maximum atomic E-state index is 13.5. The van der Waals surface area contributed by atoms with Crippen LogP contribution in [0.15, 0.2) is 24.3 Å². The first-order chi connectivity index (χ1) is 9.81. The molecule has 0 bridgehead atoms. The number of aliphatic carboxylic acids is 2. The summed E-state index contributed by atoms with van der Waals surface area (Å²) in [6.07, 6.45) is 1.94. The van der Waals surface area contributed by atoms with Gasteiger partial charge in [-0.3, -0.25) is 14.4 Å². The Balaban J connectivity index is 2.92. The highest BCUT2D eigenvalue weighted by Crippen LogP contribution is 2.20. The molecule has 1 aromatic rings. The van der Waals surface area contributed by atoms with E-state index in [0.717, 1.165) is 18.2 Å². The lowest BCUT2D eigenvalue weighted by Gasteiger charge is -2.16. The zero-order chi connectivity index (χ0) is 16.0. The molecule has 0 unspecified atom stereocenters. The Morgan fingerprint density at radius 2 is 1.76 bits per heavy atom. The maximum absolute atomic E-state index is 13.5. The predicted molar refractivity (Wildman–Crippen MR) is 72.3 cm³/mol. The van der Waals surface area contributed by atoms with Crippen molar-refractivity contribution < 1.29 is 29.0 Å². The van der Waals surface area contributed by atoms with Crippen molar-refractivity contribution in [3.05, 3.63) is 40.7 Å². The van der Waals surface area contributed by atoms with E-state index in [1.807, 2.05) is 0 Å². The van der Waals surface area contributed by atoms with Crippen LogP contribution in [-0.2, 0) is 14.4 Å². The molecule has 1 aromatic carbocycles. The molecule has 8 heteroatoms. The number of carboxylic acid groups (broad SMARTS) is 2. The zero-order valence-corrected chi connectivity index (χ0v) is 11.4. The molecule has 0 saturated heterocycles. The van der Waals surface area contributed by atoms with E-state index in [0.29, 0.717) is 4.90 Å². The number of halogens is 2. The molecule has 0 spiro atoms. The summed E-state index contributed by atoms with van der Waals surface area (Å²) >= 11 is 5.76. The van der Waals surface area contributed by atoms with E-state index in [2.05, 4.69) is 0 Å². The first-order valence-corrected chi connectivity index (χ1v) is 6.03. The smallest absolute Gasteiger partial charge is 0.323 e. The third-order valence-electron chi connectivity index (χ3n) is 2.36. The Morgan fingerprint density at radius 1 is 1.19 bits per heavy atom. The average molecular weight is 316 g/mol. The molecule has 0 aliphatic rings. The summed E-state index contributed by atoms with van der Waals surface area (Å²) in [6.45, 7) is -1.55. The Morgan fingerprint density at radius 3 is 2.24 bits per heavy atom. The summed E-state index contributed by atoms with van der Waals surface area (Å²) in [4.78, 5) is 33.5. The van der Waals surface area contributed by atoms with Crippen LogP contribution < -0.4 is 0 Å². The average Bonchev–Trinajstić information content (AvgIpc) is 2.36. The van der Waals surface area contributed by atoms with Gasteiger partial charge in [0, 0.05) is 11.6 Å². The number of hydrogen-bond acceptors (Lipinski definition) is 3. The van der Waals surface area contributed by atoms with E-state index in [9.17, 15) is 18.8 Å². The summed E-state index contributed by atoms with van der Waals surface area (Å²) in [6, 6.07) is 3.95. The van der Waals surface area contributed by atoms with Gasteiger partial charge < -0.3 is 15.1 Å². The van der Waals surface area contributed by atoms with Gasteiger partial charge in [-0.25, -0.2) is 4.39 Å². The Bertz CT molecular complexity index is 566. The molecule has 0 aliphatic heterocycles. The van der Waals surface area contributed by atoms with E-state index in [4.69, 9.17) is 21.8 Å². The monoisotopic (exact) mass is 315 g/mol. The second-order valence-corrected chi connectivity index (χ2v) is 4.36. The summed E-state index contributed by atoms with van der Waals surface area (Å²) in [5.74, 6) is -4.25. The Hall–Kier alpha value is -2.41. The van der Waals surface area contributed by atoms with Crippen molar-refractivity contribution in [2.45, 2.75) is 0 Å². The van der Waals surface area contributed by atoms with Crippen molar-refractivity contribution in [1.29, 1.82) is 0 Å². The van der Waals surface area contributed by atoms with Crippen LogP contribution in [0.4, 0.5) is 4.39 Å². The molecule has 0 heterocycles. The van der Waals surface area contributed by atoms with Crippen LogP contribution in [0.5, 0.6) is 0 Å². The van der Waals surface area contributed by atoms with Gasteiger partial charge in [0.05, 0.1) is 5.02 Å². The highest BCUT2D eigenvalue weighted by molar-refractivity contribution is 6.32. The fourth-order valence-electron chi connectivity index (χ4n) is 1.47. The molecule has 6 nitrogen and oxygen atoms in total. The van der Waals surface area contributed by atoms with Gasteiger partial charge in [0.2, 0.25) is 5.91 Å². The Kier molecular flexibility index (Phi) is 5.86. The number of rotatable bonds is 6. The minimum atomic E-state index is -1.36. The van der Waals surface area contributed by atoms with E-state index in [1.54, 1.807) is 0 Å². The summed E-state index contributed by atoms with van der Waals surface area (Å²) in [7, 11) is 0. The summed E-state index contributed by atoms with van der Waals surface area (Å²) < 4.78 is 13.5. The normalized spacial score (nSPS) is 10.6. The standard InChI is InChI=1S/C13H11ClFNO5/c14-9-2-1-3-10(15)8(9)4-5-11(17)16(6-12(18)19)7-13(20)21/h1-5H,6-7H2,(H,18,19)(H,20,21). The van der Waals surface area contributed by atoms with Crippen LogP contribution in [0.3, 0.4) is 0 Å². The van der Waals surface area contributed by atoms with E-state index < -0.39 is 36.8 Å². The number of hydrogen-bond donors (Lipinski definition) is 2. The van der Waals surface area contributed by atoms with Gasteiger partial charge in [0.15, 0.2) is 0 Å². The molecule has 2 N–H and O–H groups in total. The molecule has 1 rings (SSSR count). The van der Waals surface area contributed by atoms with Gasteiger partial charge in [-0.15, -0.1) is 0 Å². The van der Waals surface area contributed by atoms with Crippen molar-refractivity contribution in [3.8, 4) is 0 Å². The largest absolute Gasteiger partial charge is 0.480 e. The fourth-order valence-corrected chi connectivity index (χ4v) is 1.69. The zero-order valence-electron chi connectivity index (χ0n) is 10.6. The third-order valence-corrected chi connectivity index (χ3v) is 2.69. The minimum Gasteiger partial charge on any atom is -0.480 e. The molecule has 0 atom stereocenters. The molecule has 21 heavy (non-hydrogen) atoms. The summed E-state index contributed by atoms with van der Waals surface area (Å²) in [5.41, 5.74) is -0.0434. The molecular weight excluding hydrogens is 305 g/mol. The number of benzene rings is 1. The lowest BCUT2D eigenvalue weighted by Crippen LogP contribution is -2.38. The molecule has 0 saturated carbocycles. The van der Waals surface area contributed by atoms with Crippen LogP contribution in [0.2, 0.25) is 5.02 Å². The van der Waals surface area contributed by atoms with Gasteiger partial charge in [0.1, 0.15) is 18.9 Å². The summed E-state index contributed by atoms with van der Waals surface area (Å²) in [5, 5.41) is 17.3. The van der Waals surface area contributed by atoms with Crippen molar-refractivity contribution in [2.75, 3.05) is 13.1 Å². The molecule has 0 radical (unpaired) electrons. The molecule has 112 valence electrons. The van der Waals surface area contributed by atoms with E-state index >= 15 is 0 Å².